The zero-order chi connectivity index (χ0) is 19.3. The SMILES string of the molecule is CCCOc1c(Br)cc(C(=O)Nc2cccc([N+](=O)[O-])c2C)cc1OC. The second-order valence-electron chi connectivity index (χ2n) is 5.50. The molecule has 1 amide bonds. The Labute approximate surface area is 159 Å². The van der Waals surface area contributed by atoms with Gasteiger partial charge in [0, 0.05) is 11.6 Å². The number of carbonyl (C=O) groups excluding carboxylic acids is 1. The number of ether oxygens (including phenoxy) is 2. The maximum Gasteiger partial charge on any atom is 0.274 e. The Balaban J connectivity index is 2.32. The lowest BCUT2D eigenvalue weighted by molar-refractivity contribution is -0.385. The molecule has 0 atom stereocenters. The third-order valence-electron chi connectivity index (χ3n) is 3.69. The minimum Gasteiger partial charge on any atom is -0.493 e. The van der Waals surface area contributed by atoms with Crippen LogP contribution in [0.4, 0.5) is 11.4 Å². The Bertz CT molecular complexity index is 839. The van der Waals surface area contributed by atoms with Gasteiger partial charge in [-0.15, -0.1) is 0 Å². The highest BCUT2D eigenvalue weighted by Crippen LogP contribution is 2.37. The summed E-state index contributed by atoms with van der Waals surface area (Å²) >= 11 is 3.39. The van der Waals surface area contributed by atoms with Crippen molar-refractivity contribution in [3.63, 3.8) is 0 Å². The first-order chi connectivity index (χ1) is 12.4. The molecular weight excluding hydrogens is 404 g/mol. The average molecular weight is 423 g/mol. The summed E-state index contributed by atoms with van der Waals surface area (Å²) in [5.41, 5.74) is 1.05. The van der Waals surface area contributed by atoms with Gasteiger partial charge < -0.3 is 14.8 Å². The van der Waals surface area contributed by atoms with Crippen LogP contribution in [0.2, 0.25) is 0 Å². The van der Waals surface area contributed by atoms with Gasteiger partial charge in [-0.05, 0) is 47.5 Å². The Morgan fingerprint density at radius 2 is 2.08 bits per heavy atom. The van der Waals surface area contributed by atoms with Crippen LogP contribution in [0.5, 0.6) is 11.5 Å². The molecule has 0 unspecified atom stereocenters. The van der Waals surface area contributed by atoms with E-state index in [2.05, 4.69) is 21.2 Å². The van der Waals surface area contributed by atoms with Crippen molar-refractivity contribution in [1.82, 2.24) is 0 Å². The van der Waals surface area contributed by atoms with Crippen molar-refractivity contribution in [2.75, 3.05) is 19.0 Å². The van der Waals surface area contributed by atoms with E-state index in [9.17, 15) is 14.9 Å². The van der Waals surface area contributed by atoms with Crippen molar-refractivity contribution < 1.29 is 19.2 Å². The predicted octanol–water partition coefficient (Wildman–Crippen LogP) is 4.72. The number of rotatable bonds is 7. The molecule has 0 saturated heterocycles. The van der Waals surface area contributed by atoms with Crippen LogP contribution in [0.3, 0.4) is 0 Å². The van der Waals surface area contributed by atoms with Gasteiger partial charge in [-0.1, -0.05) is 13.0 Å². The van der Waals surface area contributed by atoms with Gasteiger partial charge >= 0.3 is 0 Å². The first-order valence-corrected chi connectivity index (χ1v) is 8.74. The minimum absolute atomic E-state index is 0.0510. The summed E-state index contributed by atoms with van der Waals surface area (Å²) in [6.07, 6.45) is 0.837. The summed E-state index contributed by atoms with van der Waals surface area (Å²) in [5.74, 6) is 0.542. The summed E-state index contributed by atoms with van der Waals surface area (Å²) < 4.78 is 11.5. The zero-order valence-corrected chi connectivity index (χ0v) is 16.3. The second kappa shape index (κ2) is 8.66. The fourth-order valence-corrected chi connectivity index (χ4v) is 2.90. The van der Waals surface area contributed by atoms with E-state index in [1.165, 1.54) is 19.2 Å². The Hall–Kier alpha value is -2.61. The van der Waals surface area contributed by atoms with E-state index in [1.807, 2.05) is 6.92 Å². The molecule has 0 radical (unpaired) electrons. The number of amides is 1. The minimum atomic E-state index is -0.482. The molecule has 0 aliphatic rings. The summed E-state index contributed by atoms with van der Waals surface area (Å²) in [4.78, 5) is 23.2. The quantitative estimate of drug-likeness (QED) is 0.514. The number of carbonyl (C=O) groups is 1. The number of nitro groups is 1. The molecule has 138 valence electrons. The largest absolute Gasteiger partial charge is 0.493 e. The highest BCUT2D eigenvalue weighted by molar-refractivity contribution is 9.10. The number of nitrogens with one attached hydrogen (secondary N) is 1. The predicted molar refractivity (Wildman–Crippen MR) is 102 cm³/mol. The molecule has 0 aromatic heterocycles. The number of benzene rings is 2. The number of anilines is 1. The fourth-order valence-electron chi connectivity index (χ4n) is 2.35. The maximum atomic E-state index is 12.6. The summed E-state index contributed by atoms with van der Waals surface area (Å²) in [6, 6.07) is 7.72. The van der Waals surface area contributed by atoms with Crippen LogP contribution in [-0.2, 0) is 0 Å². The topological polar surface area (TPSA) is 90.7 Å². The summed E-state index contributed by atoms with van der Waals surface area (Å²) in [7, 11) is 1.49. The van der Waals surface area contributed by atoms with E-state index in [1.54, 1.807) is 25.1 Å². The number of halogens is 1. The van der Waals surface area contributed by atoms with E-state index < -0.39 is 10.8 Å². The molecule has 7 nitrogen and oxygen atoms in total. The molecule has 0 saturated carbocycles. The van der Waals surface area contributed by atoms with Crippen molar-refractivity contribution in [1.29, 1.82) is 0 Å². The summed E-state index contributed by atoms with van der Waals surface area (Å²) in [5, 5.41) is 13.7. The lowest BCUT2D eigenvalue weighted by Crippen LogP contribution is -2.14. The first kappa shape index (κ1) is 19.7. The van der Waals surface area contributed by atoms with Gasteiger partial charge in [0.05, 0.1) is 34.4 Å². The van der Waals surface area contributed by atoms with Gasteiger partial charge in [-0.2, -0.15) is 0 Å². The molecule has 26 heavy (non-hydrogen) atoms. The molecule has 0 aliphatic heterocycles. The molecule has 2 aromatic carbocycles. The highest BCUT2D eigenvalue weighted by Gasteiger charge is 2.18. The van der Waals surface area contributed by atoms with Gasteiger partial charge in [0.25, 0.3) is 11.6 Å². The van der Waals surface area contributed by atoms with Crippen molar-refractivity contribution in [2.45, 2.75) is 20.3 Å². The molecule has 0 heterocycles. The number of hydrogen-bond donors (Lipinski definition) is 1. The van der Waals surface area contributed by atoms with Crippen molar-refractivity contribution in [3.8, 4) is 11.5 Å². The molecule has 2 aromatic rings. The highest BCUT2D eigenvalue weighted by atomic mass is 79.9. The number of hydrogen-bond acceptors (Lipinski definition) is 5. The number of methoxy groups -OCH3 is 1. The lowest BCUT2D eigenvalue weighted by atomic mass is 10.1. The summed E-state index contributed by atoms with van der Waals surface area (Å²) in [6.45, 7) is 4.10. The number of nitro benzene ring substituents is 1. The van der Waals surface area contributed by atoms with Crippen LogP contribution in [0.15, 0.2) is 34.8 Å². The molecule has 0 bridgehead atoms. The monoisotopic (exact) mass is 422 g/mol. The van der Waals surface area contributed by atoms with E-state index in [-0.39, 0.29) is 5.69 Å². The Morgan fingerprint density at radius 3 is 2.69 bits per heavy atom. The molecular formula is C18H19BrN2O5. The third-order valence-corrected chi connectivity index (χ3v) is 4.28. The van der Waals surface area contributed by atoms with Crippen molar-refractivity contribution >= 4 is 33.2 Å². The molecule has 0 fully saturated rings. The van der Waals surface area contributed by atoms with E-state index in [0.717, 1.165) is 6.42 Å². The molecule has 0 aliphatic carbocycles. The standard InChI is InChI=1S/C18H19BrN2O5/c1-4-8-26-17-13(19)9-12(10-16(17)25-3)18(22)20-14-6-5-7-15(11(14)2)21(23)24/h5-7,9-10H,4,8H2,1-3H3,(H,20,22). The zero-order valence-electron chi connectivity index (χ0n) is 14.7. The second-order valence-corrected chi connectivity index (χ2v) is 6.35. The number of nitrogens with zero attached hydrogens (tertiary/aromatic N) is 1. The average Bonchev–Trinajstić information content (AvgIpc) is 2.61. The smallest absolute Gasteiger partial charge is 0.274 e. The first-order valence-electron chi connectivity index (χ1n) is 7.94. The van der Waals surface area contributed by atoms with E-state index >= 15 is 0 Å². The van der Waals surface area contributed by atoms with Gasteiger partial charge in [-0.3, -0.25) is 14.9 Å². The Morgan fingerprint density at radius 1 is 1.35 bits per heavy atom. The lowest BCUT2D eigenvalue weighted by Gasteiger charge is -2.14. The van der Waals surface area contributed by atoms with E-state index in [0.29, 0.717) is 39.4 Å². The van der Waals surface area contributed by atoms with Crippen LogP contribution in [0.1, 0.15) is 29.3 Å². The van der Waals surface area contributed by atoms with Crippen LogP contribution in [0.25, 0.3) is 0 Å². The van der Waals surface area contributed by atoms with Crippen LogP contribution >= 0.6 is 15.9 Å². The Kier molecular flexibility index (Phi) is 6.57. The van der Waals surface area contributed by atoms with Gasteiger partial charge in [-0.25, -0.2) is 0 Å². The van der Waals surface area contributed by atoms with Crippen molar-refractivity contribution in [3.05, 3.63) is 56.0 Å². The van der Waals surface area contributed by atoms with Gasteiger partial charge in [0.2, 0.25) is 0 Å². The van der Waals surface area contributed by atoms with E-state index in [4.69, 9.17) is 9.47 Å². The third kappa shape index (κ3) is 4.32. The maximum absolute atomic E-state index is 12.6. The normalized spacial score (nSPS) is 10.3. The van der Waals surface area contributed by atoms with Crippen LogP contribution < -0.4 is 14.8 Å². The molecule has 2 rings (SSSR count). The van der Waals surface area contributed by atoms with Crippen LogP contribution in [-0.4, -0.2) is 24.5 Å². The van der Waals surface area contributed by atoms with Gasteiger partial charge in [0.15, 0.2) is 11.5 Å². The molecule has 0 spiro atoms. The van der Waals surface area contributed by atoms with Gasteiger partial charge in [0.1, 0.15) is 0 Å². The molecule has 8 heteroatoms. The fraction of sp³-hybridized carbons (Fsp3) is 0.278. The molecule has 1 N–H and O–H groups in total. The van der Waals surface area contributed by atoms with Crippen LogP contribution in [0, 0.1) is 17.0 Å². The van der Waals surface area contributed by atoms with Crippen molar-refractivity contribution in [2.24, 2.45) is 0 Å².